The molecule has 2 nitrogen and oxygen atoms in total. The molecule has 0 saturated carbocycles. The van der Waals surface area contributed by atoms with Crippen LogP contribution in [0.15, 0.2) is 10.9 Å². The minimum Gasteiger partial charge on any atom is -0.308 e. The van der Waals surface area contributed by atoms with Crippen molar-refractivity contribution in [3.8, 4) is 0 Å². The van der Waals surface area contributed by atoms with Crippen molar-refractivity contribution in [3.05, 3.63) is 16.6 Å². The van der Waals surface area contributed by atoms with Gasteiger partial charge in [0.1, 0.15) is 0 Å². The Labute approximate surface area is 103 Å². The van der Waals surface area contributed by atoms with Gasteiger partial charge in [0, 0.05) is 18.0 Å². The zero-order valence-corrected chi connectivity index (χ0v) is 11.7. The molecule has 1 N–H and O–H groups in total. The van der Waals surface area contributed by atoms with Gasteiger partial charge in [-0.1, -0.05) is 27.7 Å². The van der Waals surface area contributed by atoms with Crippen LogP contribution < -0.4 is 5.32 Å². The third kappa shape index (κ3) is 5.61. The summed E-state index contributed by atoms with van der Waals surface area (Å²) in [5.74, 6) is 1.51. The van der Waals surface area contributed by atoms with E-state index in [9.17, 15) is 0 Å². The minimum atomic E-state index is 0.627. The van der Waals surface area contributed by atoms with Crippen LogP contribution in [0.2, 0.25) is 0 Å². The Kier molecular flexibility index (Phi) is 5.99. The highest BCUT2D eigenvalue weighted by Gasteiger charge is 2.12. The van der Waals surface area contributed by atoms with Gasteiger partial charge in [-0.25, -0.2) is 4.98 Å². The zero-order chi connectivity index (χ0) is 12.0. The summed E-state index contributed by atoms with van der Waals surface area (Å²) in [6.07, 6.45) is 2.50. The van der Waals surface area contributed by atoms with E-state index < -0.39 is 0 Å². The molecule has 0 aliphatic rings. The fraction of sp³-hybridized carbons (Fsp3) is 0.769. The lowest BCUT2D eigenvalue weighted by Gasteiger charge is -2.22. The SMILES string of the molecule is CC(C)CC(CC(C)C)NCc1cscn1. The summed E-state index contributed by atoms with van der Waals surface area (Å²) in [7, 11) is 0. The highest BCUT2D eigenvalue weighted by molar-refractivity contribution is 7.07. The van der Waals surface area contributed by atoms with Gasteiger partial charge < -0.3 is 5.32 Å². The molecular weight excluding hydrogens is 216 g/mol. The topological polar surface area (TPSA) is 24.9 Å². The van der Waals surface area contributed by atoms with Gasteiger partial charge in [-0.3, -0.25) is 0 Å². The molecule has 0 atom stereocenters. The molecule has 0 bridgehead atoms. The van der Waals surface area contributed by atoms with Gasteiger partial charge in [-0.15, -0.1) is 11.3 Å². The van der Waals surface area contributed by atoms with Gasteiger partial charge in [0.2, 0.25) is 0 Å². The number of hydrogen-bond acceptors (Lipinski definition) is 3. The molecule has 0 aliphatic carbocycles. The maximum absolute atomic E-state index is 4.30. The van der Waals surface area contributed by atoms with E-state index in [0.717, 1.165) is 18.4 Å². The second kappa shape index (κ2) is 7.02. The van der Waals surface area contributed by atoms with Gasteiger partial charge in [0.05, 0.1) is 11.2 Å². The van der Waals surface area contributed by atoms with E-state index >= 15 is 0 Å². The van der Waals surface area contributed by atoms with Gasteiger partial charge in [-0.2, -0.15) is 0 Å². The average molecular weight is 240 g/mol. The Morgan fingerprint density at radius 3 is 2.25 bits per heavy atom. The van der Waals surface area contributed by atoms with E-state index in [0.29, 0.717) is 6.04 Å². The molecule has 3 heteroatoms. The first-order valence-corrected chi connectivity index (χ1v) is 7.12. The molecule has 92 valence electrons. The van der Waals surface area contributed by atoms with Crippen molar-refractivity contribution in [1.29, 1.82) is 0 Å². The van der Waals surface area contributed by atoms with E-state index in [1.807, 2.05) is 5.51 Å². The maximum atomic E-state index is 4.30. The Bertz CT molecular complexity index is 257. The number of nitrogens with zero attached hydrogens (tertiary/aromatic N) is 1. The Hall–Kier alpha value is -0.410. The summed E-state index contributed by atoms with van der Waals surface area (Å²) in [6, 6.07) is 0.627. The van der Waals surface area contributed by atoms with Crippen LogP contribution in [0.5, 0.6) is 0 Å². The lowest BCUT2D eigenvalue weighted by molar-refractivity contribution is 0.357. The number of nitrogens with one attached hydrogen (secondary N) is 1. The molecule has 0 amide bonds. The van der Waals surface area contributed by atoms with E-state index in [4.69, 9.17) is 0 Å². The molecule has 1 aromatic heterocycles. The van der Waals surface area contributed by atoms with Crippen molar-refractivity contribution in [1.82, 2.24) is 10.3 Å². The van der Waals surface area contributed by atoms with Gasteiger partial charge in [-0.05, 0) is 24.7 Å². The van der Waals surface area contributed by atoms with E-state index in [-0.39, 0.29) is 0 Å². The molecule has 0 saturated heterocycles. The first-order chi connectivity index (χ1) is 7.58. The minimum absolute atomic E-state index is 0.627. The van der Waals surface area contributed by atoms with E-state index in [1.54, 1.807) is 11.3 Å². The highest BCUT2D eigenvalue weighted by atomic mass is 32.1. The van der Waals surface area contributed by atoms with Gasteiger partial charge >= 0.3 is 0 Å². The molecular formula is C13H24N2S. The fourth-order valence-corrected chi connectivity index (χ4v) is 2.53. The quantitative estimate of drug-likeness (QED) is 0.786. The summed E-state index contributed by atoms with van der Waals surface area (Å²) in [4.78, 5) is 4.30. The van der Waals surface area contributed by atoms with Crippen molar-refractivity contribution in [2.75, 3.05) is 0 Å². The predicted molar refractivity (Wildman–Crippen MR) is 71.7 cm³/mol. The molecule has 0 spiro atoms. The average Bonchev–Trinajstić information content (AvgIpc) is 2.64. The van der Waals surface area contributed by atoms with Crippen molar-refractivity contribution < 1.29 is 0 Å². The number of rotatable bonds is 7. The number of aromatic nitrogens is 1. The van der Waals surface area contributed by atoms with Gasteiger partial charge in [0.25, 0.3) is 0 Å². The smallest absolute Gasteiger partial charge is 0.0795 e. The summed E-state index contributed by atoms with van der Waals surface area (Å²) in [6.45, 7) is 10.1. The van der Waals surface area contributed by atoms with Crippen molar-refractivity contribution in [3.63, 3.8) is 0 Å². The molecule has 1 aromatic rings. The van der Waals surface area contributed by atoms with Crippen LogP contribution in [0.3, 0.4) is 0 Å². The summed E-state index contributed by atoms with van der Waals surface area (Å²) >= 11 is 1.67. The highest BCUT2D eigenvalue weighted by Crippen LogP contribution is 2.14. The van der Waals surface area contributed by atoms with Crippen LogP contribution in [-0.4, -0.2) is 11.0 Å². The first-order valence-electron chi connectivity index (χ1n) is 6.18. The van der Waals surface area contributed by atoms with Crippen molar-refractivity contribution >= 4 is 11.3 Å². The van der Waals surface area contributed by atoms with Crippen LogP contribution in [0, 0.1) is 11.8 Å². The lowest BCUT2D eigenvalue weighted by atomic mass is 9.95. The first kappa shape index (κ1) is 13.7. The van der Waals surface area contributed by atoms with Crippen molar-refractivity contribution in [2.45, 2.75) is 53.1 Å². The third-order valence-electron chi connectivity index (χ3n) is 2.57. The molecule has 1 rings (SSSR count). The Morgan fingerprint density at radius 1 is 1.19 bits per heavy atom. The Morgan fingerprint density at radius 2 is 1.81 bits per heavy atom. The number of hydrogen-bond donors (Lipinski definition) is 1. The summed E-state index contributed by atoms with van der Waals surface area (Å²) in [5, 5.41) is 5.75. The lowest BCUT2D eigenvalue weighted by Crippen LogP contribution is -2.31. The van der Waals surface area contributed by atoms with Crippen molar-refractivity contribution in [2.24, 2.45) is 11.8 Å². The summed E-state index contributed by atoms with van der Waals surface area (Å²) in [5.41, 5.74) is 3.07. The molecule has 0 aliphatic heterocycles. The van der Waals surface area contributed by atoms with Crippen LogP contribution in [-0.2, 0) is 6.54 Å². The van der Waals surface area contributed by atoms with Crippen LogP contribution in [0.25, 0.3) is 0 Å². The standard InChI is InChI=1S/C13H24N2S/c1-10(2)5-12(6-11(3)4)14-7-13-8-16-9-15-13/h8-12,14H,5-7H2,1-4H3. The molecule has 1 heterocycles. The normalized spacial score (nSPS) is 11.9. The molecule has 0 radical (unpaired) electrons. The fourth-order valence-electron chi connectivity index (χ4n) is 1.97. The zero-order valence-electron chi connectivity index (χ0n) is 10.9. The monoisotopic (exact) mass is 240 g/mol. The molecule has 0 aromatic carbocycles. The van der Waals surface area contributed by atoms with Gasteiger partial charge in [0.15, 0.2) is 0 Å². The molecule has 16 heavy (non-hydrogen) atoms. The molecule has 0 fully saturated rings. The van der Waals surface area contributed by atoms with Crippen LogP contribution >= 0.6 is 11.3 Å². The third-order valence-corrected chi connectivity index (χ3v) is 3.20. The summed E-state index contributed by atoms with van der Waals surface area (Å²) < 4.78 is 0. The van der Waals surface area contributed by atoms with Crippen LogP contribution in [0.4, 0.5) is 0 Å². The van der Waals surface area contributed by atoms with E-state index in [1.165, 1.54) is 18.5 Å². The van der Waals surface area contributed by atoms with E-state index in [2.05, 4.69) is 43.4 Å². The molecule has 0 unspecified atom stereocenters. The largest absolute Gasteiger partial charge is 0.308 e. The maximum Gasteiger partial charge on any atom is 0.0795 e. The predicted octanol–water partition coefficient (Wildman–Crippen LogP) is 3.69. The Balaban J connectivity index is 2.37. The second-order valence-corrected chi connectivity index (χ2v) is 6.04. The number of thiazole rings is 1. The van der Waals surface area contributed by atoms with Crippen LogP contribution in [0.1, 0.15) is 46.2 Å². The second-order valence-electron chi connectivity index (χ2n) is 5.32.